The number of ether oxygens (including phenoxy) is 1. The number of carbonyl (C=O) groups excluding carboxylic acids is 2. The molecule has 0 radical (unpaired) electrons. The number of β-amino-alcohol motifs (C(OH)–C–C–N with tert-alkyl or cyclic N) is 1. The van der Waals surface area contributed by atoms with E-state index in [4.69, 9.17) is 4.74 Å². The molecule has 0 aromatic rings. The highest BCUT2D eigenvalue weighted by Gasteiger charge is 2.32. The third kappa shape index (κ3) is 3.79. The van der Waals surface area contributed by atoms with Crippen LogP contribution in [-0.2, 0) is 14.3 Å². The number of aliphatic hydroxyl groups excluding tert-OH is 1. The van der Waals surface area contributed by atoms with Gasteiger partial charge >= 0.3 is 5.97 Å². The average Bonchev–Trinajstić information content (AvgIpc) is 2.45. The molecule has 16 heavy (non-hydrogen) atoms. The second-order valence-corrected chi connectivity index (χ2v) is 3.87. The van der Waals surface area contributed by atoms with E-state index in [9.17, 15) is 14.7 Å². The van der Waals surface area contributed by atoms with Gasteiger partial charge in [-0.1, -0.05) is 0 Å². The highest BCUT2D eigenvalue weighted by molar-refractivity contribution is 5.73. The number of nitrogens with zero attached hydrogens (tertiary/aromatic N) is 1. The van der Waals surface area contributed by atoms with Gasteiger partial charge in [0.25, 0.3) is 0 Å². The highest BCUT2D eigenvalue weighted by Crippen LogP contribution is 2.09. The standard InChI is InChI=1S/C10H18N2O4/c1-3-16-10(15)6-12-4-8(9(14)5-12)11-7(2)13/h8-9,14H,3-6H2,1-2H3,(H,11,13). The van der Waals surface area contributed by atoms with Crippen LogP contribution in [0.3, 0.4) is 0 Å². The molecular formula is C10H18N2O4. The number of likely N-dealkylation sites (tertiary alicyclic amines) is 1. The first-order valence-electron chi connectivity index (χ1n) is 5.36. The number of carbonyl (C=O) groups is 2. The zero-order valence-electron chi connectivity index (χ0n) is 9.60. The molecular weight excluding hydrogens is 212 g/mol. The first kappa shape index (κ1) is 12.9. The van der Waals surface area contributed by atoms with Crippen LogP contribution in [0, 0.1) is 0 Å². The van der Waals surface area contributed by atoms with Crippen LogP contribution in [0.2, 0.25) is 0 Å². The Kier molecular flexibility index (Phi) is 4.70. The fraction of sp³-hybridized carbons (Fsp3) is 0.800. The predicted octanol–water partition coefficient (Wildman–Crippen LogP) is -1.27. The molecule has 6 heteroatoms. The van der Waals surface area contributed by atoms with E-state index in [1.165, 1.54) is 6.92 Å². The van der Waals surface area contributed by atoms with E-state index in [0.29, 0.717) is 19.7 Å². The first-order chi connectivity index (χ1) is 7.52. The van der Waals surface area contributed by atoms with Crippen LogP contribution in [0.4, 0.5) is 0 Å². The molecule has 1 aliphatic heterocycles. The van der Waals surface area contributed by atoms with E-state index < -0.39 is 6.10 Å². The summed E-state index contributed by atoms with van der Waals surface area (Å²) in [5, 5.41) is 12.3. The van der Waals surface area contributed by atoms with Gasteiger partial charge in [0.15, 0.2) is 0 Å². The van der Waals surface area contributed by atoms with Crippen molar-refractivity contribution in [3.05, 3.63) is 0 Å². The number of aliphatic hydroxyl groups is 1. The van der Waals surface area contributed by atoms with Gasteiger partial charge in [-0.05, 0) is 6.92 Å². The lowest BCUT2D eigenvalue weighted by Gasteiger charge is -2.14. The Morgan fingerprint density at radius 2 is 2.19 bits per heavy atom. The topological polar surface area (TPSA) is 78.9 Å². The van der Waals surface area contributed by atoms with Crippen molar-refractivity contribution in [2.45, 2.75) is 26.0 Å². The number of rotatable bonds is 4. The lowest BCUT2D eigenvalue weighted by atomic mass is 10.2. The summed E-state index contributed by atoms with van der Waals surface area (Å²) in [5.74, 6) is -0.486. The van der Waals surface area contributed by atoms with E-state index >= 15 is 0 Å². The van der Waals surface area contributed by atoms with Gasteiger partial charge in [0.05, 0.1) is 25.3 Å². The molecule has 1 saturated heterocycles. The van der Waals surface area contributed by atoms with E-state index in [1.807, 2.05) is 0 Å². The second-order valence-electron chi connectivity index (χ2n) is 3.87. The normalized spacial score (nSPS) is 25.4. The van der Waals surface area contributed by atoms with E-state index in [1.54, 1.807) is 11.8 Å². The zero-order chi connectivity index (χ0) is 12.1. The van der Waals surface area contributed by atoms with E-state index in [2.05, 4.69) is 5.32 Å². The summed E-state index contributed by atoms with van der Waals surface area (Å²) in [7, 11) is 0. The second kappa shape index (κ2) is 5.81. The van der Waals surface area contributed by atoms with E-state index in [0.717, 1.165) is 0 Å². The minimum absolute atomic E-state index is 0.154. The third-order valence-electron chi connectivity index (χ3n) is 2.41. The molecule has 0 aromatic carbocycles. The summed E-state index contributed by atoms with van der Waals surface area (Å²) >= 11 is 0. The minimum Gasteiger partial charge on any atom is -0.465 e. The summed E-state index contributed by atoms with van der Waals surface area (Å²) in [6, 6.07) is -0.299. The maximum atomic E-state index is 11.2. The van der Waals surface area contributed by atoms with Crippen LogP contribution in [-0.4, -0.2) is 60.3 Å². The van der Waals surface area contributed by atoms with Gasteiger partial charge in [0.2, 0.25) is 5.91 Å². The molecule has 1 fully saturated rings. The molecule has 2 N–H and O–H groups in total. The summed E-state index contributed by atoms with van der Waals surface area (Å²) in [4.78, 5) is 23.8. The zero-order valence-corrected chi connectivity index (χ0v) is 9.60. The molecule has 6 nitrogen and oxygen atoms in total. The Hall–Kier alpha value is -1.14. The lowest BCUT2D eigenvalue weighted by molar-refractivity contribution is -0.144. The monoisotopic (exact) mass is 230 g/mol. The number of nitrogens with one attached hydrogen (secondary N) is 1. The molecule has 1 heterocycles. The molecule has 1 aliphatic rings. The smallest absolute Gasteiger partial charge is 0.320 e. The van der Waals surface area contributed by atoms with E-state index in [-0.39, 0.29) is 24.5 Å². The molecule has 92 valence electrons. The quantitative estimate of drug-likeness (QED) is 0.589. The van der Waals surface area contributed by atoms with Gasteiger partial charge in [-0.15, -0.1) is 0 Å². The summed E-state index contributed by atoms with van der Waals surface area (Å²) in [5.41, 5.74) is 0. The van der Waals surface area contributed by atoms with Crippen molar-refractivity contribution in [3.63, 3.8) is 0 Å². The molecule has 0 bridgehead atoms. The SMILES string of the molecule is CCOC(=O)CN1CC(O)C(NC(C)=O)C1. The highest BCUT2D eigenvalue weighted by atomic mass is 16.5. The fourth-order valence-electron chi connectivity index (χ4n) is 1.79. The van der Waals surface area contributed by atoms with Gasteiger partial charge in [-0.25, -0.2) is 0 Å². The molecule has 0 aliphatic carbocycles. The van der Waals surface area contributed by atoms with Crippen molar-refractivity contribution < 1.29 is 19.4 Å². The Morgan fingerprint density at radius 3 is 2.75 bits per heavy atom. The Morgan fingerprint density at radius 1 is 1.50 bits per heavy atom. The van der Waals surface area contributed by atoms with Crippen molar-refractivity contribution in [2.24, 2.45) is 0 Å². The number of hydrogen-bond donors (Lipinski definition) is 2. The van der Waals surface area contributed by atoms with Crippen LogP contribution in [0.5, 0.6) is 0 Å². The Labute approximate surface area is 94.6 Å². The third-order valence-corrected chi connectivity index (χ3v) is 2.41. The van der Waals surface area contributed by atoms with Crippen molar-refractivity contribution in [1.29, 1.82) is 0 Å². The molecule has 0 aromatic heterocycles. The maximum absolute atomic E-state index is 11.2. The van der Waals surface area contributed by atoms with Gasteiger partial charge in [0.1, 0.15) is 0 Å². The number of hydrogen-bond acceptors (Lipinski definition) is 5. The van der Waals surface area contributed by atoms with Crippen molar-refractivity contribution in [1.82, 2.24) is 10.2 Å². The molecule has 2 atom stereocenters. The van der Waals surface area contributed by atoms with Gasteiger partial charge < -0.3 is 15.2 Å². The van der Waals surface area contributed by atoms with Crippen LogP contribution in [0.1, 0.15) is 13.8 Å². The van der Waals surface area contributed by atoms with Gasteiger partial charge in [0, 0.05) is 20.0 Å². The summed E-state index contributed by atoms with van der Waals surface area (Å²) in [6.45, 7) is 4.51. The van der Waals surface area contributed by atoms with Crippen molar-refractivity contribution in [2.75, 3.05) is 26.2 Å². The molecule has 1 amide bonds. The van der Waals surface area contributed by atoms with Crippen LogP contribution in [0.15, 0.2) is 0 Å². The van der Waals surface area contributed by atoms with Crippen molar-refractivity contribution in [3.8, 4) is 0 Å². The number of amides is 1. The summed E-state index contributed by atoms with van der Waals surface area (Å²) < 4.78 is 4.81. The molecule has 1 rings (SSSR count). The average molecular weight is 230 g/mol. The number of esters is 1. The minimum atomic E-state index is -0.627. The maximum Gasteiger partial charge on any atom is 0.320 e. The molecule has 2 unspecified atom stereocenters. The largest absolute Gasteiger partial charge is 0.465 e. The van der Waals surface area contributed by atoms with Crippen LogP contribution < -0.4 is 5.32 Å². The van der Waals surface area contributed by atoms with Gasteiger partial charge in [-0.3, -0.25) is 14.5 Å². The van der Waals surface area contributed by atoms with Crippen LogP contribution in [0.25, 0.3) is 0 Å². The predicted molar refractivity (Wildman–Crippen MR) is 56.7 cm³/mol. The first-order valence-corrected chi connectivity index (χ1v) is 5.36. The molecule has 0 saturated carbocycles. The van der Waals surface area contributed by atoms with Gasteiger partial charge in [-0.2, -0.15) is 0 Å². The summed E-state index contributed by atoms with van der Waals surface area (Å²) in [6.07, 6.45) is -0.627. The lowest BCUT2D eigenvalue weighted by Crippen LogP contribution is -2.41. The Balaban J connectivity index is 2.37. The fourth-order valence-corrected chi connectivity index (χ4v) is 1.79. The molecule has 0 spiro atoms. The van der Waals surface area contributed by atoms with Crippen molar-refractivity contribution >= 4 is 11.9 Å². The van der Waals surface area contributed by atoms with Crippen LogP contribution >= 0.6 is 0 Å². The Bertz CT molecular complexity index is 270.